The highest BCUT2D eigenvalue weighted by Crippen LogP contribution is 2.29. The van der Waals surface area contributed by atoms with Gasteiger partial charge in [-0.15, -0.1) is 0 Å². The zero-order valence-electron chi connectivity index (χ0n) is 10.6. The van der Waals surface area contributed by atoms with Gasteiger partial charge in [-0.3, -0.25) is 10.4 Å². The minimum atomic E-state index is 0.270. The summed E-state index contributed by atoms with van der Waals surface area (Å²) in [4.78, 5) is 8.73. The molecule has 1 aliphatic rings. The SMILES string of the molecule is C=C1/C(=N/CNC)C(=NC(C)=N)c2ccccc21. The van der Waals surface area contributed by atoms with E-state index in [9.17, 15) is 0 Å². The lowest BCUT2D eigenvalue weighted by Crippen LogP contribution is -2.14. The van der Waals surface area contributed by atoms with E-state index in [2.05, 4.69) is 21.9 Å². The molecule has 0 aliphatic heterocycles. The summed E-state index contributed by atoms with van der Waals surface area (Å²) in [5.41, 5.74) is 4.45. The minimum absolute atomic E-state index is 0.270. The van der Waals surface area contributed by atoms with Crippen LogP contribution in [-0.4, -0.2) is 31.0 Å². The number of amidine groups is 1. The maximum atomic E-state index is 7.55. The lowest BCUT2D eigenvalue weighted by molar-refractivity contribution is 0.837. The minimum Gasteiger partial charge on any atom is -0.301 e. The Morgan fingerprint density at radius 2 is 1.94 bits per heavy atom. The molecular weight excluding hydrogens is 224 g/mol. The fraction of sp³-hybridized carbons (Fsp3) is 0.214. The lowest BCUT2D eigenvalue weighted by atomic mass is 10.1. The third-order valence-corrected chi connectivity index (χ3v) is 2.69. The average Bonchev–Trinajstić information content (AvgIpc) is 2.61. The second-order valence-corrected chi connectivity index (χ2v) is 4.09. The van der Waals surface area contributed by atoms with Gasteiger partial charge in [0.05, 0.1) is 18.1 Å². The molecule has 4 heteroatoms. The largest absolute Gasteiger partial charge is 0.301 e. The van der Waals surface area contributed by atoms with Crippen LogP contribution in [0, 0.1) is 5.41 Å². The van der Waals surface area contributed by atoms with Crippen molar-refractivity contribution in [1.29, 1.82) is 5.41 Å². The van der Waals surface area contributed by atoms with Crippen LogP contribution in [0.15, 0.2) is 40.8 Å². The molecule has 0 unspecified atom stereocenters. The number of hydrogen-bond acceptors (Lipinski definition) is 3. The number of fused-ring (bicyclic) bond motifs is 1. The Morgan fingerprint density at radius 1 is 1.28 bits per heavy atom. The molecule has 92 valence electrons. The van der Waals surface area contributed by atoms with E-state index in [1.807, 2.05) is 31.3 Å². The van der Waals surface area contributed by atoms with Crippen LogP contribution in [0.25, 0.3) is 5.57 Å². The van der Waals surface area contributed by atoms with E-state index in [1.165, 1.54) is 0 Å². The smallest absolute Gasteiger partial charge is 0.118 e. The van der Waals surface area contributed by atoms with Crippen LogP contribution in [0.4, 0.5) is 0 Å². The van der Waals surface area contributed by atoms with Crippen LogP contribution in [0.5, 0.6) is 0 Å². The third kappa shape index (κ3) is 2.15. The van der Waals surface area contributed by atoms with Crippen molar-refractivity contribution in [2.24, 2.45) is 9.98 Å². The topological polar surface area (TPSA) is 60.6 Å². The van der Waals surface area contributed by atoms with Crippen LogP contribution >= 0.6 is 0 Å². The third-order valence-electron chi connectivity index (χ3n) is 2.69. The van der Waals surface area contributed by atoms with Crippen LogP contribution in [0.1, 0.15) is 18.1 Å². The first-order valence-corrected chi connectivity index (χ1v) is 5.77. The second kappa shape index (κ2) is 5.06. The molecule has 0 spiro atoms. The number of rotatable bonds is 2. The van der Waals surface area contributed by atoms with Gasteiger partial charge in [-0.05, 0) is 19.5 Å². The van der Waals surface area contributed by atoms with Crippen LogP contribution in [0.2, 0.25) is 0 Å². The molecule has 0 saturated carbocycles. The summed E-state index contributed by atoms with van der Waals surface area (Å²) in [5.74, 6) is 0.270. The van der Waals surface area contributed by atoms with E-state index in [0.717, 1.165) is 28.1 Å². The van der Waals surface area contributed by atoms with Crippen LogP contribution < -0.4 is 5.32 Å². The van der Waals surface area contributed by atoms with Gasteiger partial charge in [-0.1, -0.05) is 30.8 Å². The molecular formula is C14H16N4. The quantitative estimate of drug-likeness (QED) is 0.603. The molecule has 1 aromatic carbocycles. The van der Waals surface area contributed by atoms with Gasteiger partial charge in [-0.2, -0.15) is 0 Å². The van der Waals surface area contributed by atoms with Crippen molar-refractivity contribution in [3.8, 4) is 0 Å². The molecule has 0 aromatic heterocycles. The van der Waals surface area contributed by atoms with E-state index < -0.39 is 0 Å². The molecule has 0 saturated heterocycles. The molecule has 0 fully saturated rings. The molecule has 0 heterocycles. The maximum absolute atomic E-state index is 7.55. The van der Waals surface area contributed by atoms with Gasteiger partial charge in [0.25, 0.3) is 0 Å². The van der Waals surface area contributed by atoms with Crippen molar-refractivity contribution in [2.75, 3.05) is 13.7 Å². The van der Waals surface area contributed by atoms with Gasteiger partial charge >= 0.3 is 0 Å². The maximum Gasteiger partial charge on any atom is 0.118 e. The average molecular weight is 240 g/mol. The molecule has 18 heavy (non-hydrogen) atoms. The lowest BCUT2D eigenvalue weighted by Gasteiger charge is -2.01. The van der Waals surface area contributed by atoms with E-state index in [0.29, 0.717) is 6.67 Å². The monoisotopic (exact) mass is 240 g/mol. The Labute approximate surface area is 107 Å². The molecule has 2 N–H and O–H groups in total. The fourth-order valence-corrected chi connectivity index (χ4v) is 1.96. The first-order valence-electron chi connectivity index (χ1n) is 5.77. The molecule has 0 amide bonds. The number of nitrogens with one attached hydrogen (secondary N) is 2. The molecule has 0 bridgehead atoms. The van der Waals surface area contributed by atoms with Gasteiger partial charge < -0.3 is 5.32 Å². The second-order valence-electron chi connectivity index (χ2n) is 4.09. The summed E-state index contributed by atoms with van der Waals surface area (Å²) < 4.78 is 0. The number of allylic oxidation sites excluding steroid dienone is 1. The van der Waals surface area contributed by atoms with Crippen LogP contribution in [0.3, 0.4) is 0 Å². The van der Waals surface area contributed by atoms with Crippen molar-refractivity contribution < 1.29 is 0 Å². The predicted octanol–water partition coefficient (Wildman–Crippen LogP) is 2.12. The Balaban J connectivity index is 2.58. The van der Waals surface area contributed by atoms with Crippen molar-refractivity contribution in [2.45, 2.75) is 6.92 Å². The highest BCUT2D eigenvalue weighted by atomic mass is 15.0. The Bertz CT molecular complexity index is 567. The zero-order chi connectivity index (χ0) is 13.1. The van der Waals surface area contributed by atoms with Gasteiger partial charge in [0.15, 0.2) is 0 Å². The first-order chi connectivity index (χ1) is 8.65. The Hall–Kier alpha value is -2.07. The number of aliphatic imine (C=N–C) groups is 2. The summed E-state index contributed by atoms with van der Waals surface area (Å²) in [5, 5.41) is 10.5. The van der Waals surface area contributed by atoms with E-state index in [4.69, 9.17) is 5.41 Å². The summed E-state index contributed by atoms with van der Waals surface area (Å²) >= 11 is 0. The Kier molecular flexibility index (Phi) is 3.48. The van der Waals surface area contributed by atoms with Gasteiger partial charge in [0.1, 0.15) is 5.84 Å². The van der Waals surface area contributed by atoms with Gasteiger partial charge in [0.2, 0.25) is 0 Å². The number of nitrogens with zero attached hydrogens (tertiary/aromatic N) is 2. The molecule has 1 aliphatic carbocycles. The summed E-state index contributed by atoms with van der Waals surface area (Å²) in [6.07, 6.45) is 0. The Morgan fingerprint density at radius 3 is 2.56 bits per heavy atom. The van der Waals surface area contributed by atoms with Gasteiger partial charge in [0, 0.05) is 11.1 Å². The normalized spacial score (nSPS) is 18.4. The van der Waals surface area contributed by atoms with Crippen molar-refractivity contribution >= 4 is 22.8 Å². The first kappa shape index (κ1) is 12.4. The fourth-order valence-electron chi connectivity index (χ4n) is 1.96. The molecule has 4 nitrogen and oxygen atoms in total. The molecule has 0 radical (unpaired) electrons. The highest BCUT2D eigenvalue weighted by molar-refractivity contribution is 6.67. The summed E-state index contributed by atoms with van der Waals surface area (Å²) in [6, 6.07) is 7.93. The van der Waals surface area contributed by atoms with Crippen molar-refractivity contribution in [1.82, 2.24) is 5.32 Å². The van der Waals surface area contributed by atoms with E-state index in [1.54, 1.807) is 6.92 Å². The standard InChI is InChI=1S/C14H16N4/c1-9-11-6-4-5-7-12(11)14(18-10(2)15)13(9)17-8-16-3/h4-7,15-16H,1,8H2,2-3H3/b15-10?,17-13-,18-14?. The van der Waals surface area contributed by atoms with Crippen LogP contribution in [-0.2, 0) is 0 Å². The van der Waals surface area contributed by atoms with Crippen molar-refractivity contribution in [3.63, 3.8) is 0 Å². The molecule has 2 rings (SSSR count). The van der Waals surface area contributed by atoms with Gasteiger partial charge in [-0.25, -0.2) is 4.99 Å². The van der Waals surface area contributed by atoms with E-state index in [-0.39, 0.29) is 5.84 Å². The summed E-state index contributed by atoms with van der Waals surface area (Å²) in [6.45, 7) is 6.25. The number of benzene rings is 1. The zero-order valence-corrected chi connectivity index (χ0v) is 10.6. The molecule has 0 atom stereocenters. The molecule has 1 aromatic rings. The summed E-state index contributed by atoms with van der Waals surface area (Å²) in [7, 11) is 1.84. The van der Waals surface area contributed by atoms with Crippen molar-refractivity contribution in [3.05, 3.63) is 42.0 Å². The number of hydrogen-bond donors (Lipinski definition) is 2. The van der Waals surface area contributed by atoms with E-state index >= 15 is 0 Å². The highest BCUT2D eigenvalue weighted by Gasteiger charge is 2.27. The predicted molar refractivity (Wildman–Crippen MR) is 76.8 cm³/mol.